The van der Waals surface area contributed by atoms with Crippen LogP contribution in [-0.2, 0) is 4.79 Å². The Bertz CT molecular complexity index is 606. The van der Waals surface area contributed by atoms with Gasteiger partial charge in [0.2, 0.25) is 0 Å². The number of likely N-dealkylation sites (tertiary alicyclic amines) is 1. The summed E-state index contributed by atoms with van der Waals surface area (Å²) in [5.41, 5.74) is 0.312. The van der Waals surface area contributed by atoms with Gasteiger partial charge in [-0.3, -0.25) is 4.79 Å². The fourth-order valence-corrected chi connectivity index (χ4v) is 2.45. The summed E-state index contributed by atoms with van der Waals surface area (Å²) in [6, 6.07) is 3.82. The van der Waals surface area contributed by atoms with Gasteiger partial charge in [0.25, 0.3) is 0 Å². The van der Waals surface area contributed by atoms with Gasteiger partial charge in [-0.2, -0.15) is 0 Å². The molecule has 1 heterocycles. The van der Waals surface area contributed by atoms with E-state index in [0.717, 1.165) is 6.42 Å². The molecule has 1 aromatic rings. The summed E-state index contributed by atoms with van der Waals surface area (Å²) in [6.07, 6.45) is 1.26. The monoisotopic (exact) mass is 338 g/mol. The molecule has 1 fully saturated rings. The first-order valence-electron chi connectivity index (χ1n) is 8.08. The minimum Gasteiger partial charge on any atom is -0.491 e. The Morgan fingerprint density at radius 1 is 1.46 bits per heavy atom. The number of benzene rings is 1. The first-order valence-corrected chi connectivity index (χ1v) is 8.08. The molecule has 0 aliphatic carbocycles. The Morgan fingerprint density at radius 3 is 2.79 bits per heavy atom. The Morgan fingerprint density at radius 2 is 2.21 bits per heavy atom. The number of carboxylic acids is 1. The maximum atomic E-state index is 14.0. The zero-order valence-corrected chi connectivity index (χ0v) is 13.9. The van der Waals surface area contributed by atoms with Crippen LogP contribution < -0.4 is 10.1 Å². The molecule has 0 spiro atoms. The lowest BCUT2D eigenvalue weighted by Crippen LogP contribution is -2.33. The van der Waals surface area contributed by atoms with Gasteiger partial charge >= 0.3 is 12.0 Å². The molecule has 2 N–H and O–H groups in total. The molecule has 0 bridgehead atoms. The molecule has 1 aliphatic heterocycles. The van der Waals surface area contributed by atoms with Crippen molar-refractivity contribution in [1.82, 2.24) is 4.90 Å². The molecule has 2 amide bonds. The van der Waals surface area contributed by atoms with Gasteiger partial charge in [0.15, 0.2) is 11.6 Å². The topological polar surface area (TPSA) is 78.9 Å². The number of carbonyl (C=O) groups is 2. The fraction of sp³-hybridized carbons (Fsp3) is 0.529. The Balaban J connectivity index is 1.90. The number of ether oxygens (including phenoxy) is 1. The molecule has 1 aliphatic rings. The van der Waals surface area contributed by atoms with Gasteiger partial charge in [-0.25, -0.2) is 9.18 Å². The van der Waals surface area contributed by atoms with E-state index in [1.54, 1.807) is 6.07 Å². The highest BCUT2D eigenvalue weighted by atomic mass is 19.1. The van der Waals surface area contributed by atoms with Crippen LogP contribution in [0.4, 0.5) is 14.9 Å². The van der Waals surface area contributed by atoms with Crippen LogP contribution in [0.25, 0.3) is 0 Å². The lowest BCUT2D eigenvalue weighted by molar-refractivity contribution is -0.141. The van der Waals surface area contributed by atoms with Crippen LogP contribution in [-0.4, -0.2) is 41.7 Å². The Labute approximate surface area is 140 Å². The van der Waals surface area contributed by atoms with E-state index in [9.17, 15) is 14.0 Å². The van der Waals surface area contributed by atoms with E-state index in [1.807, 2.05) is 0 Å². The predicted octanol–water partition coefficient (Wildman–Crippen LogP) is 3.19. The van der Waals surface area contributed by atoms with Crippen LogP contribution in [0.5, 0.6) is 5.75 Å². The average Bonchev–Trinajstić information content (AvgIpc) is 2.99. The normalized spacial score (nSPS) is 17.2. The van der Waals surface area contributed by atoms with E-state index in [4.69, 9.17) is 9.84 Å². The van der Waals surface area contributed by atoms with E-state index in [-0.39, 0.29) is 12.3 Å². The van der Waals surface area contributed by atoms with Crippen molar-refractivity contribution in [3.63, 3.8) is 0 Å². The molecule has 0 aromatic heterocycles. The van der Waals surface area contributed by atoms with Crippen molar-refractivity contribution < 1.29 is 23.8 Å². The molecule has 6 nitrogen and oxygen atoms in total. The zero-order valence-electron chi connectivity index (χ0n) is 13.9. The highest BCUT2D eigenvalue weighted by molar-refractivity contribution is 5.90. The van der Waals surface area contributed by atoms with Crippen LogP contribution in [0, 0.1) is 17.7 Å². The molecule has 1 unspecified atom stereocenters. The Kier molecular flexibility index (Phi) is 6.00. The molecule has 1 aromatic carbocycles. The number of carboxylic acid groups (broad SMARTS) is 1. The molecule has 1 atom stereocenters. The van der Waals surface area contributed by atoms with E-state index in [1.165, 1.54) is 17.0 Å². The van der Waals surface area contributed by atoms with Crippen LogP contribution >= 0.6 is 0 Å². The molecule has 1 saturated heterocycles. The zero-order chi connectivity index (χ0) is 17.7. The van der Waals surface area contributed by atoms with Crippen LogP contribution in [0.3, 0.4) is 0 Å². The number of aliphatic carboxylic acids is 1. The summed E-state index contributed by atoms with van der Waals surface area (Å²) < 4.78 is 19.4. The predicted molar refractivity (Wildman–Crippen MR) is 87.7 cm³/mol. The largest absolute Gasteiger partial charge is 0.491 e. The molecule has 0 radical (unpaired) electrons. The summed E-state index contributed by atoms with van der Waals surface area (Å²) in [6.45, 7) is 5.10. The smallest absolute Gasteiger partial charge is 0.321 e. The molecular formula is C17H23FN2O4. The van der Waals surface area contributed by atoms with Crippen LogP contribution in [0.15, 0.2) is 18.2 Å². The average molecular weight is 338 g/mol. The first kappa shape index (κ1) is 18.0. The van der Waals surface area contributed by atoms with Crippen molar-refractivity contribution in [3.8, 4) is 5.75 Å². The number of carbonyl (C=O) groups excluding carboxylic acids is 1. The second-order valence-electron chi connectivity index (χ2n) is 6.38. The summed E-state index contributed by atoms with van der Waals surface area (Å²) in [5.74, 6) is -1.35. The molecule has 0 saturated carbocycles. The fourth-order valence-electron chi connectivity index (χ4n) is 2.45. The minimum atomic E-state index is -0.903. The summed E-state index contributed by atoms with van der Waals surface area (Å²) in [5, 5.41) is 11.5. The van der Waals surface area contributed by atoms with Crippen molar-refractivity contribution in [1.29, 1.82) is 0 Å². The van der Waals surface area contributed by atoms with Crippen molar-refractivity contribution >= 4 is 17.7 Å². The van der Waals surface area contributed by atoms with Gasteiger partial charge in [0.1, 0.15) is 0 Å². The minimum absolute atomic E-state index is 0.153. The molecule has 7 heteroatoms. The van der Waals surface area contributed by atoms with Gasteiger partial charge in [-0.05, 0) is 30.9 Å². The number of nitrogens with zero attached hydrogens (tertiary/aromatic N) is 1. The maximum absolute atomic E-state index is 14.0. The summed E-state index contributed by atoms with van der Waals surface area (Å²) in [4.78, 5) is 24.4. The van der Waals surface area contributed by atoms with E-state index in [0.29, 0.717) is 31.2 Å². The summed E-state index contributed by atoms with van der Waals surface area (Å²) in [7, 11) is 0. The standard InChI is InChI=1S/C17H23FN2O4/c1-11(2)6-8-24-15-4-3-13(9-14(15)18)19-17(23)20-7-5-12(10-20)16(21)22/h3-4,9,11-12H,5-8,10H2,1-2H3,(H,19,23)(H,21,22). The second kappa shape index (κ2) is 7.99. The molecular weight excluding hydrogens is 315 g/mol. The highest BCUT2D eigenvalue weighted by Crippen LogP contribution is 2.23. The number of hydrogen-bond acceptors (Lipinski definition) is 3. The quantitative estimate of drug-likeness (QED) is 0.835. The molecule has 24 heavy (non-hydrogen) atoms. The van der Waals surface area contributed by atoms with Gasteiger partial charge in [0, 0.05) is 24.8 Å². The number of urea groups is 1. The number of anilines is 1. The number of nitrogens with one attached hydrogen (secondary N) is 1. The van der Waals surface area contributed by atoms with Crippen molar-refractivity contribution in [2.24, 2.45) is 11.8 Å². The lowest BCUT2D eigenvalue weighted by Gasteiger charge is -2.17. The van der Waals surface area contributed by atoms with Gasteiger partial charge in [-0.1, -0.05) is 13.8 Å². The third kappa shape index (κ3) is 4.84. The highest BCUT2D eigenvalue weighted by Gasteiger charge is 2.30. The van der Waals surface area contributed by atoms with Crippen LogP contribution in [0.1, 0.15) is 26.7 Å². The van der Waals surface area contributed by atoms with E-state index >= 15 is 0 Å². The van der Waals surface area contributed by atoms with Gasteiger partial charge in [0.05, 0.1) is 12.5 Å². The van der Waals surface area contributed by atoms with Crippen molar-refractivity contribution in [2.75, 3.05) is 25.0 Å². The molecule has 2 rings (SSSR count). The lowest BCUT2D eigenvalue weighted by atomic mass is 10.1. The number of hydrogen-bond donors (Lipinski definition) is 2. The number of rotatable bonds is 6. The third-order valence-corrected chi connectivity index (χ3v) is 3.96. The van der Waals surface area contributed by atoms with E-state index < -0.39 is 23.7 Å². The second-order valence-corrected chi connectivity index (χ2v) is 6.38. The van der Waals surface area contributed by atoms with Crippen molar-refractivity contribution in [2.45, 2.75) is 26.7 Å². The van der Waals surface area contributed by atoms with E-state index in [2.05, 4.69) is 19.2 Å². The SMILES string of the molecule is CC(C)CCOc1ccc(NC(=O)N2CCC(C(=O)O)C2)cc1F. The van der Waals surface area contributed by atoms with Gasteiger partial charge in [-0.15, -0.1) is 0 Å². The number of amides is 2. The maximum Gasteiger partial charge on any atom is 0.321 e. The summed E-state index contributed by atoms with van der Waals surface area (Å²) >= 11 is 0. The first-order chi connectivity index (χ1) is 11.4. The Hall–Kier alpha value is -2.31. The van der Waals surface area contributed by atoms with Crippen LogP contribution in [0.2, 0.25) is 0 Å². The van der Waals surface area contributed by atoms with Gasteiger partial charge < -0.3 is 20.1 Å². The number of halogens is 1. The molecule has 132 valence electrons. The van der Waals surface area contributed by atoms with Crippen molar-refractivity contribution in [3.05, 3.63) is 24.0 Å². The third-order valence-electron chi connectivity index (χ3n) is 3.96.